The zero-order valence-electron chi connectivity index (χ0n) is 14.2. The maximum absolute atomic E-state index is 12.3. The third-order valence-electron chi connectivity index (χ3n) is 4.16. The molecule has 0 radical (unpaired) electrons. The molecule has 0 bridgehead atoms. The third kappa shape index (κ3) is 3.96. The fourth-order valence-corrected chi connectivity index (χ4v) is 2.94. The average molecular weight is 343 g/mol. The number of hydrogen-bond donors (Lipinski definition) is 0. The number of nitrogens with zero attached hydrogens (tertiary/aromatic N) is 1. The molecular weight excluding hydrogens is 322 g/mol. The second kappa shape index (κ2) is 8.28. The Morgan fingerprint density at radius 3 is 2.72 bits per heavy atom. The predicted octanol–water partition coefficient (Wildman–Crippen LogP) is 2.87. The standard InChI is InChI=1S/C19H21NO5/c1-4-8-25-19(23)20-7-6-13-10-18(24-3)14(12-21)9-16(13)17(20)11-15(22)5-2/h4-5,9-10,12,17H,1-2,6-8,11H2,3H3/t17-/m0/s1. The average Bonchev–Trinajstić information content (AvgIpc) is 2.64. The van der Waals surface area contributed by atoms with Crippen molar-refractivity contribution in [2.24, 2.45) is 0 Å². The van der Waals surface area contributed by atoms with E-state index in [1.54, 1.807) is 12.1 Å². The summed E-state index contributed by atoms with van der Waals surface area (Å²) in [5, 5.41) is 0. The molecule has 1 aliphatic heterocycles. The molecule has 1 aromatic carbocycles. The summed E-state index contributed by atoms with van der Waals surface area (Å²) in [6, 6.07) is 2.95. The third-order valence-corrected chi connectivity index (χ3v) is 4.16. The van der Waals surface area contributed by atoms with Crippen LogP contribution < -0.4 is 4.74 Å². The first kappa shape index (κ1) is 18.4. The Balaban J connectivity index is 2.45. The number of hydrogen-bond acceptors (Lipinski definition) is 5. The Morgan fingerprint density at radius 2 is 2.12 bits per heavy atom. The zero-order chi connectivity index (χ0) is 18.4. The van der Waals surface area contributed by atoms with E-state index in [1.807, 2.05) is 0 Å². The van der Waals surface area contributed by atoms with E-state index in [2.05, 4.69) is 13.2 Å². The van der Waals surface area contributed by atoms with E-state index >= 15 is 0 Å². The smallest absolute Gasteiger partial charge is 0.410 e. The zero-order valence-corrected chi connectivity index (χ0v) is 14.2. The van der Waals surface area contributed by atoms with Gasteiger partial charge >= 0.3 is 6.09 Å². The van der Waals surface area contributed by atoms with Crippen LogP contribution in [0.25, 0.3) is 0 Å². The van der Waals surface area contributed by atoms with Gasteiger partial charge in [0.2, 0.25) is 0 Å². The lowest BCUT2D eigenvalue weighted by Crippen LogP contribution is -2.41. The maximum Gasteiger partial charge on any atom is 0.410 e. The van der Waals surface area contributed by atoms with E-state index in [0.717, 1.165) is 11.1 Å². The Labute approximate surface area is 146 Å². The number of methoxy groups -OCH3 is 1. The van der Waals surface area contributed by atoms with Crippen molar-refractivity contribution in [2.75, 3.05) is 20.3 Å². The van der Waals surface area contributed by atoms with E-state index in [4.69, 9.17) is 9.47 Å². The fourth-order valence-electron chi connectivity index (χ4n) is 2.94. The molecule has 0 N–H and O–H groups in total. The molecule has 0 saturated carbocycles. The number of amides is 1. The van der Waals surface area contributed by atoms with Gasteiger partial charge in [-0.05, 0) is 35.8 Å². The Hall–Kier alpha value is -2.89. The molecular formula is C19H21NO5. The van der Waals surface area contributed by atoms with Gasteiger partial charge in [-0.2, -0.15) is 0 Å². The Bertz CT molecular complexity index is 710. The number of carbonyl (C=O) groups is 3. The van der Waals surface area contributed by atoms with Gasteiger partial charge < -0.3 is 14.4 Å². The van der Waals surface area contributed by atoms with Crippen LogP contribution >= 0.6 is 0 Å². The van der Waals surface area contributed by atoms with Crippen LogP contribution in [0.15, 0.2) is 37.4 Å². The highest BCUT2D eigenvalue weighted by atomic mass is 16.6. The number of ketones is 1. The van der Waals surface area contributed by atoms with Gasteiger partial charge in [-0.25, -0.2) is 4.79 Å². The van der Waals surface area contributed by atoms with Gasteiger partial charge in [0, 0.05) is 13.0 Å². The van der Waals surface area contributed by atoms with Crippen LogP contribution in [-0.2, 0) is 16.0 Å². The van der Waals surface area contributed by atoms with E-state index in [0.29, 0.717) is 30.6 Å². The molecule has 6 heteroatoms. The first-order valence-corrected chi connectivity index (χ1v) is 7.91. The van der Waals surface area contributed by atoms with E-state index < -0.39 is 12.1 Å². The maximum atomic E-state index is 12.3. The predicted molar refractivity (Wildman–Crippen MR) is 92.9 cm³/mol. The molecule has 0 saturated heterocycles. The molecule has 0 aliphatic carbocycles. The number of aldehydes is 1. The fraction of sp³-hybridized carbons (Fsp3) is 0.316. The monoisotopic (exact) mass is 343 g/mol. The molecule has 0 unspecified atom stereocenters. The summed E-state index contributed by atoms with van der Waals surface area (Å²) >= 11 is 0. The quantitative estimate of drug-likeness (QED) is 0.432. The Kier molecular flexibility index (Phi) is 6.11. The largest absolute Gasteiger partial charge is 0.496 e. The number of allylic oxidation sites excluding steroid dienone is 1. The first-order chi connectivity index (χ1) is 12.0. The normalized spacial score (nSPS) is 15.7. The molecule has 0 spiro atoms. The SMILES string of the molecule is C=CCOC(=O)N1CCc2cc(OC)c(C=O)cc2[C@@H]1CC(=O)C=C. The van der Waals surface area contributed by atoms with Crippen LogP contribution in [-0.4, -0.2) is 43.3 Å². The lowest BCUT2D eigenvalue weighted by molar-refractivity contribution is -0.115. The molecule has 25 heavy (non-hydrogen) atoms. The van der Waals surface area contributed by atoms with Crippen molar-refractivity contribution in [3.63, 3.8) is 0 Å². The van der Waals surface area contributed by atoms with Crippen molar-refractivity contribution in [2.45, 2.75) is 18.9 Å². The molecule has 1 aromatic rings. The summed E-state index contributed by atoms with van der Waals surface area (Å²) in [4.78, 5) is 37.1. The molecule has 1 amide bonds. The highest BCUT2D eigenvalue weighted by Crippen LogP contribution is 2.36. The highest BCUT2D eigenvalue weighted by molar-refractivity contribution is 5.90. The summed E-state index contributed by atoms with van der Waals surface area (Å²) in [7, 11) is 1.50. The lowest BCUT2D eigenvalue weighted by Gasteiger charge is -2.36. The minimum absolute atomic E-state index is 0.0737. The minimum atomic E-state index is -0.518. The molecule has 1 aliphatic rings. The number of benzene rings is 1. The van der Waals surface area contributed by atoms with Gasteiger partial charge in [0.25, 0.3) is 0 Å². The van der Waals surface area contributed by atoms with Crippen molar-refractivity contribution in [1.82, 2.24) is 4.90 Å². The van der Waals surface area contributed by atoms with Gasteiger partial charge in [0.1, 0.15) is 12.4 Å². The van der Waals surface area contributed by atoms with E-state index in [-0.39, 0.29) is 18.8 Å². The van der Waals surface area contributed by atoms with Gasteiger partial charge in [-0.15, -0.1) is 0 Å². The molecule has 0 aromatic heterocycles. The minimum Gasteiger partial charge on any atom is -0.496 e. The van der Waals surface area contributed by atoms with E-state index in [1.165, 1.54) is 24.2 Å². The molecule has 1 atom stereocenters. The number of carbonyl (C=O) groups excluding carboxylic acids is 3. The van der Waals surface area contributed by atoms with Crippen molar-refractivity contribution in [1.29, 1.82) is 0 Å². The highest BCUT2D eigenvalue weighted by Gasteiger charge is 2.33. The lowest BCUT2D eigenvalue weighted by atomic mass is 9.88. The van der Waals surface area contributed by atoms with Gasteiger partial charge in [-0.3, -0.25) is 9.59 Å². The number of ether oxygens (including phenoxy) is 2. The first-order valence-electron chi connectivity index (χ1n) is 7.91. The molecule has 1 heterocycles. The summed E-state index contributed by atoms with van der Waals surface area (Å²) < 4.78 is 10.4. The van der Waals surface area contributed by atoms with Gasteiger partial charge in [0.05, 0.1) is 18.7 Å². The van der Waals surface area contributed by atoms with Crippen LogP contribution in [0.1, 0.15) is 33.9 Å². The number of rotatable bonds is 7. The van der Waals surface area contributed by atoms with Crippen LogP contribution in [0.3, 0.4) is 0 Å². The van der Waals surface area contributed by atoms with E-state index in [9.17, 15) is 14.4 Å². The van der Waals surface area contributed by atoms with Crippen LogP contribution in [0, 0.1) is 0 Å². The second-order valence-electron chi connectivity index (χ2n) is 5.61. The van der Waals surface area contributed by atoms with Crippen molar-refractivity contribution in [3.8, 4) is 5.75 Å². The number of fused-ring (bicyclic) bond motifs is 1. The van der Waals surface area contributed by atoms with Crippen molar-refractivity contribution < 1.29 is 23.9 Å². The second-order valence-corrected chi connectivity index (χ2v) is 5.61. The molecule has 132 valence electrons. The summed E-state index contributed by atoms with van der Waals surface area (Å²) in [5.41, 5.74) is 2.07. The van der Waals surface area contributed by atoms with Gasteiger partial charge in [0.15, 0.2) is 12.1 Å². The molecule has 0 fully saturated rings. The van der Waals surface area contributed by atoms with Gasteiger partial charge in [-0.1, -0.05) is 19.2 Å². The van der Waals surface area contributed by atoms with Crippen LogP contribution in [0.2, 0.25) is 0 Å². The van der Waals surface area contributed by atoms with Crippen LogP contribution in [0.4, 0.5) is 4.79 Å². The summed E-state index contributed by atoms with van der Waals surface area (Å²) in [6.07, 6.45) is 3.54. The van der Waals surface area contributed by atoms with Crippen molar-refractivity contribution >= 4 is 18.2 Å². The summed E-state index contributed by atoms with van der Waals surface area (Å²) in [5.74, 6) is 0.285. The Morgan fingerprint density at radius 1 is 1.36 bits per heavy atom. The molecule has 2 rings (SSSR count). The summed E-state index contributed by atoms with van der Waals surface area (Å²) in [6.45, 7) is 7.50. The topological polar surface area (TPSA) is 72.9 Å². The van der Waals surface area contributed by atoms with Crippen LogP contribution in [0.5, 0.6) is 5.75 Å². The molecule has 6 nitrogen and oxygen atoms in total. The van der Waals surface area contributed by atoms with Crippen molar-refractivity contribution in [3.05, 3.63) is 54.1 Å².